The van der Waals surface area contributed by atoms with Gasteiger partial charge in [-0.1, -0.05) is 11.8 Å². The first kappa shape index (κ1) is 23.9. The lowest BCUT2D eigenvalue weighted by atomic mass is 9.89. The molecule has 1 fully saturated rings. The van der Waals surface area contributed by atoms with Gasteiger partial charge in [0.25, 0.3) is 0 Å². The van der Waals surface area contributed by atoms with Gasteiger partial charge in [-0.15, -0.1) is 0 Å². The lowest BCUT2D eigenvalue weighted by Crippen LogP contribution is -2.45. The van der Waals surface area contributed by atoms with Crippen molar-refractivity contribution >= 4 is 29.1 Å². The summed E-state index contributed by atoms with van der Waals surface area (Å²) in [4.78, 5) is 26.3. The summed E-state index contributed by atoms with van der Waals surface area (Å²) in [7, 11) is 1.29. The van der Waals surface area contributed by atoms with E-state index < -0.39 is 5.97 Å². The summed E-state index contributed by atoms with van der Waals surface area (Å²) in [5.74, 6) is 5.63. The van der Waals surface area contributed by atoms with Crippen molar-refractivity contribution in [1.29, 1.82) is 5.41 Å². The van der Waals surface area contributed by atoms with Crippen molar-refractivity contribution in [3.05, 3.63) is 58.7 Å². The Bertz CT molecular complexity index is 1110. The third-order valence-electron chi connectivity index (χ3n) is 5.83. The summed E-state index contributed by atoms with van der Waals surface area (Å²) in [5.41, 5.74) is 10.7. The van der Waals surface area contributed by atoms with Crippen LogP contribution in [0.5, 0.6) is 0 Å². The minimum absolute atomic E-state index is 0.0403. The summed E-state index contributed by atoms with van der Waals surface area (Å²) in [5, 5.41) is 10.7. The Balaban J connectivity index is 1.73. The highest BCUT2D eigenvalue weighted by Crippen LogP contribution is 2.33. The van der Waals surface area contributed by atoms with Gasteiger partial charge in [0.15, 0.2) is 0 Å². The summed E-state index contributed by atoms with van der Waals surface area (Å²) < 4.78 is 4.69. The predicted molar refractivity (Wildman–Crippen MR) is 130 cm³/mol. The molecule has 0 aliphatic heterocycles. The highest BCUT2D eigenvalue weighted by atomic mass is 16.5. The van der Waals surface area contributed by atoms with Crippen LogP contribution in [0.1, 0.15) is 47.9 Å². The van der Waals surface area contributed by atoms with Crippen LogP contribution in [0.2, 0.25) is 0 Å². The van der Waals surface area contributed by atoms with Crippen LogP contribution in [0.25, 0.3) is 0 Å². The summed E-state index contributed by atoms with van der Waals surface area (Å²) in [6.07, 6.45) is 2.70. The smallest absolute Gasteiger partial charge is 0.315 e. The number of aryl methyl sites for hydroxylation is 2. The van der Waals surface area contributed by atoms with Crippen molar-refractivity contribution < 1.29 is 14.3 Å². The van der Waals surface area contributed by atoms with E-state index in [1.807, 2.05) is 38.1 Å². The Kier molecular flexibility index (Phi) is 7.73. The fraction of sp³-hybridized carbons (Fsp3) is 0.346. The number of nitrogens with two attached hydrogens (primary N) is 1. The van der Waals surface area contributed by atoms with Gasteiger partial charge in [0.1, 0.15) is 12.3 Å². The molecule has 2 aromatic rings. The molecule has 1 aliphatic rings. The molecule has 0 bridgehead atoms. The van der Waals surface area contributed by atoms with E-state index >= 15 is 0 Å². The van der Waals surface area contributed by atoms with Crippen molar-refractivity contribution in [2.24, 2.45) is 5.73 Å². The second-order valence-electron chi connectivity index (χ2n) is 8.20. The number of hydrogen-bond acceptors (Lipinski definition) is 5. The van der Waals surface area contributed by atoms with E-state index in [0.29, 0.717) is 12.1 Å². The number of rotatable bonds is 7. The second kappa shape index (κ2) is 10.7. The van der Waals surface area contributed by atoms with Crippen LogP contribution in [-0.4, -0.2) is 37.4 Å². The molecule has 0 heterocycles. The van der Waals surface area contributed by atoms with Crippen LogP contribution in [0.15, 0.2) is 36.4 Å². The van der Waals surface area contributed by atoms with E-state index in [-0.39, 0.29) is 24.2 Å². The fourth-order valence-electron chi connectivity index (χ4n) is 3.71. The molecule has 33 heavy (non-hydrogen) atoms. The lowest BCUT2D eigenvalue weighted by molar-refractivity contribution is -0.143. The Hall–Kier alpha value is -3.79. The van der Waals surface area contributed by atoms with Gasteiger partial charge in [0, 0.05) is 28.5 Å². The third kappa shape index (κ3) is 5.92. The highest BCUT2D eigenvalue weighted by molar-refractivity contribution is 6.04. The predicted octanol–water partition coefficient (Wildman–Crippen LogP) is 3.50. The minimum atomic E-state index is -0.524. The number of amides is 1. The average Bonchev–Trinajstić information content (AvgIpc) is 2.75. The van der Waals surface area contributed by atoms with E-state index in [4.69, 9.17) is 11.1 Å². The number of carbonyl (C=O) groups is 2. The summed E-state index contributed by atoms with van der Waals surface area (Å²) >= 11 is 0. The molecule has 1 saturated carbocycles. The number of esters is 1. The van der Waals surface area contributed by atoms with Crippen molar-refractivity contribution in [3.8, 4) is 11.8 Å². The molecule has 2 aromatic carbocycles. The van der Waals surface area contributed by atoms with Gasteiger partial charge in [-0.2, -0.15) is 0 Å². The third-order valence-corrected chi connectivity index (χ3v) is 5.83. The molecule has 1 amide bonds. The van der Waals surface area contributed by atoms with Crippen molar-refractivity contribution in [2.45, 2.75) is 45.6 Å². The molecule has 172 valence electrons. The first-order valence-electron chi connectivity index (χ1n) is 11.0. The maximum atomic E-state index is 12.9. The van der Waals surface area contributed by atoms with Gasteiger partial charge in [-0.05, 0) is 80.6 Å². The summed E-state index contributed by atoms with van der Waals surface area (Å²) in [6, 6.07) is 11.4. The van der Waals surface area contributed by atoms with Crippen molar-refractivity contribution in [3.63, 3.8) is 0 Å². The number of hydrogen-bond donors (Lipinski definition) is 3. The zero-order valence-electron chi connectivity index (χ0n) is 19.3. The van der Waals surface area contributed by atoms with E-state index in [1.54, 1.807) is 17.0 Å². The van der Waals surface area contributed by atoms with Crippen molar-refractivity contribution in [1.82, 2.24) is 0 Å². The molecular formula is C26H30N4O3. The molecule has 0 aromatic heterocycles. The number of nitrogens with one attached hydrogen (secondary N) is 2. The van der Waals surface area contributed by atoms with Crippen LogP contribution in [0.4, 0.5) is 11.4 Å². The molecule has 0 radical (unpaired) electrons. The van der Waals surface area contributed by atoms with Crippen LogP contribution in [0, 0.1) is 31.1 Å². The van der Waals surface area contributed by atoms with Gasteiger partial charge >= 0.3 is 5.97 Å². The van der Waals surface area contributed by atoms with Gasteiger partial charge in [0.05, 0.1) is 13.7 Å². The number of methoxy groups -OCH3 is 1. The van der Waals surface area contributed by atoms with Gasteiger partial charge in [-0.25, -0.2) is 0 Å². The minimum Gasteiger partial charge on any atom is -0.469 e. The number of anilines is 2. The maximum Gasteiger partial charge on any atom is 0.315 e. The molecule has 1 aliphatic carbocycles. The van der Waals surface area contributed by atoms with Gasteiger partial charge in [-0.3, -0.25) is 15.0 Å². The fourth-order valence-corrected chi connectivity index (χ4v) is 3.71. The van der Waals surface area contributed by atoms with Crippen LogP contribution in [0.3, 0.4) is 0 Å². The molecule has 4 N–H and O–H groups in total. The molecule has 0 atom stereocenters. The molecule has 3 rings (SSSR count). The topological polar surface area (TPSA) is 109 Å². The number of amidine groups is 1. The van der Waals surface area contributed by atoms with E-state index in [1.165, 1.54) is 7.11 Å². The van der Waals surface area contributed by atoms with Crippen LogP contribution >= 0.6 is 0 Å². The average molecular weight is 447 g/mol. The summed E-state index contributed by atoms with van der Waals surface area (Å²) in [6.45, 7) is 4.40. The number of carbonyl (C=O) groups excluding carboxylic acids is 2. The number of nitrogen functional groups attached to an aromatic ring is 1. The van der Waals surface area contributed by atoms with Crippen LogP contribution < -0.4 is 16.0 Å². The normalized spacial score (nSPS) is 12.7. The van der Waals surface area contributed by atoms with E-state index in [9.17, 15) is 9.59 Å². The number of benzene rings is 2. The van der Waals surface area contributed by atoms with Crippen LogP contribution in [-0.2, 0) is 14.3 Å². The quantitative estimate of drug-likeness (QED) is 0.198. The zero-order chi connectivity index (χ0) is 24.0. The molecule has 0 spiro atoms. The maximum absolute atomic E-state index is 12.9. The Morgan fingerprint density at radius 2 is 1.88 bits per heavy atom. The Morgan fingerprint density at radius 1 is 1.18 bits per heavy atom. The first-order valence-corrected chi connectivity index (χ1v) is 11.0. The number of nitrogens with zero attached hydrogens (tertiary/aromatic N) is 1. The number of ether oxygens (including phenoxy) is 1. The second-order valence-corrected chi connectivity index (χ2v) is 8.20. The molecule has 0 unspecified atom stereocenters. The first-order chi connectivity index (χ1) is 15.8. The van der Waals surface area contributed by atoms with Gasteiger partial charge in [0.2, 0.25) is 5.91 Å². The molecule has 7 heteroatoms. The van der Waals surface area contributed by atoms with E-state index in [0.717, 1.165) is 47.3 Å². The molecular weight excluding hydrogens is 416 g/mol. The Morgan fingerprint density at radius 3 is 2.45 bits per heavy atom. The van der Waals surface area contributed by atoms with Gasteiger partial charge < -0.3 is 20.7 Å². The lowest BCUT2D eigenvalue weighted by Gasteiger charge is -2.38. The largest absolute Gasteiger partial charge is 0.469 e. The molecule has 7 nitrogen and oxygen atoms in total. The Labute approximate surface area is 194 Å². The van der Waals surface area contributed by atoms with E-state index in [2.05, 4.69) is 21.9 Å². The van der Waals surface area contributed by atoms with Crippen molar-refractivity contribution in [2.75, 3.05) is 23.9 Å². The monoisotopic (exact) mass is 446 g/mol. The molecule has 0 saturated heterocycles. The zero-order valence-corrected chi connectivity index (χ0v) is 19.3. The SMILES string of the molecule is COC(=O)CC(=O)N(c1cc(C)c(C#CCNc2ccc(C(=N)N)cc2)cc1C)C1CCC1. The highest BCUT2D eigenvalue weighted by Gasteiger charge is 2.32. The standard InChI is InChI=1S/C26H30N4O3/c1-17-15-23(30(22-7-4-8-22)24(31)16-25(32)33-3)18(2)14-20(17)6-5-13-29-21-11-9-19(10-12-21)26(27)28/h9-12,14-15,22,29H,4,7-8,13,16H2,1-3H3,(H3,27,28).